The predicted molar refractivity (Wildman–Crippen MR) is 307 cm³/mol. The highest BCUT2D eigenvalue weighted by atomic mass is 35.6. The monoisotopic (exact) mass is 1150 g/mol. The average molecular weight is 1150 g/mol. The summed E-state index contributed by atoms with van der Waals surface area (Å²) in [7, 11) is 10.5. The number of fused-ring (bicyclic) bond motifs is 2. The van der Waals surface area contributed by atoms with E-state index in [1.807, 2.05) is 22.9 Å². The van der Waals surface area contributed by atoms with Crippen LogP contribution in [0.15, 0.2) is 76.8 Å². The van der Waals surface area contributed by atoms with E-state index in [0.29, 0.717) is 69.2 Å². The quantitative estimate of drug-likeness (QED) is 0.0208. The van der Waals surface area contributed by atoms with Crippen LogP contribution in [0.25, 0.3) is 22.1 Å². The molecule has 5 N–H and O–H groups in total. The zero-order valence-corrected chi connectivity index (χ0v) is 47.5. The molecule has 4 aliphatic rings. The van der Waals surface area contributed by atoms with Gasteiger partial charge in [0.1, 0.15) is 23.1 Å². The second-order valence-corrected chi connectivity index (χ2v) is 21.9. The van der Waals surface area contributed by atoms with Crippen LogP contribution in [0.3, 0.4) is 0 Å². The number of likely N-dealkylation sites (N-methyl/N-ethyl adjacent to an activating group) is 2. The van der Waals surface area contributed by atoms with Gasteiger partial charge in [0.25, 0.3) is 0 Å². The Morgan fingerprint density at radius 2 is 1.13 bits per heavy atom. The van der Waals surface area contributed by atoms with Crippen molar-refractivity contribution in [2.75, 3.05) is 126 Å². The van der Waals surface area contributed by atoms with Gasteiger partial charge in [-0.2, -0.15) is 38.8 Å². The van der Waals surface area contributed by atoms with Gasteiger partial charge in [0.15, 0.2) is 25.6 Å². The number of piperazine rings is 2. The molecule has 0 amide bonds. The highest BCUT2D eigenvalue weighted by Gasteiger charge is 2.28. The van der Waals surface area contributed by atoms with E-state index in [2.05, 4.69) is 124 Å². The molecule has 4 aromatic heterocycles. The van der Waals surface area contributed by atoms with Crippen LogP contribution in [-0.2, 0) is 25.0 Å². The first-order valence-corrected chi connectivity index (χ1v) is 27.8. The number of alkyl halides is 3. The lowest BCUT2D eigenvalue weighted by Gasteiger charge is -2.34. The number of hydrogen-bond acceptors (Lipinski definition) is 22. The molecule has 22 nitrogen and oxygen atoms in total. The summed E-state index contributed by atoms with van der Waals surface area (Å²) in [4.78, 5) is 38.3. The van der Waals surface area contributed by atoms with Gasteiger partial charge in [0.05, 0.1) is 69.8 Å². The third kappa shape index (κ3) is 15.4. The molecule has 0 bridgehead atoms. The molecule has 7 aromatic rings. The number of H-pyrrole nitrogens is 1. The number of aromatic amines is 1. The van der Waals surface area contributed by atoms with Crippen molar-refractivity contribution in [3.63, 3.8) is 0 Å². The van der Waals surface area contributed by atoms with E-state index in [-0.39, 0.29) is 0 Å². The number of halogens is 3. The Morgan fingerprint density at radius 3 is 1.62 bits per heavy atom. The van der Waals surface area contributed by atoms with Crippen LogP contribution in [0.1, 0.15) is 31.2 Å². The maximum Gasteiger partial charge on any atom is 0.231 e. The first kappa shape index (κ1) is 56.2. The van der Waals surface area contributed by atoms with Crippen LogP contribution in [0.4, 0.5) is 46.3 Å². The topological polar surface area (TPSA) is 215 Å². The van der Waals surface area contributed by atoms with Gasteiger partial charge in [-0.3, -0.25) is 5.10 Å². The molecular formula is C50H63Cl3N16O6S2. The summed E-state index contributed by atoms with van der Waals surface area (Å²) in [5, 5.41) is 28.7. The third-order valence-corrected chi connectivity index (χ3v) is 14.2. The predicted octanol–water partition coefficient (Wildman–Crippen LogP) is 9.54. The Hall–Kier alpha value is -5.51. The van der Waals surface area contributed by atoms with Crippen molar-refractivity contribution in [2.24, 2.45) is 0 Å². The number of nitrogens with one attached hydrogen (secondary N) is 5. The zero-order chi connectivity index (χ0) is 53.8. The molecule has 0 unspecified atom stereocenters. The summed E-state index contributed by atoms with van der Waals surface area (Å²) in [6.07, 6.45) is 4.46. The summed E-state index contributed by atoms with van der Waals surface area (Å²) in [5.74, 6) is 3.84. The Labute approximate surface area is 470 Å². The van der Waals surface area contributed by atoms with Crippen LogP contribution in [-0.4, -0.2) is 161 Å². The van der Waals surface area contributed by atoms with Gasteiger partial charge >= 0.3 is 0 Å². The molecule has 6 heterocycles. The Balaban J connectivity index is 0.000000182. The van der Waals surface area contributed by atoms with Crippen molar-refractivity contribution >= 4 is 127 Å². The zero-order valence-electron chi connectivity index (χ0n) is 43.6. The summed E-state index contributed by atoms with van der Waals surface area (Å²) >= 11 is 16.5. The summed E-state index contributed by atoms with van der Waals surface area (Å²) in [6.45, 7) is 8.86. The van der Waals surface area contributed by atoms with Gasteiger partial charge in [-0.15, -0.1) is 0 Å². The van der Waals surface area contributed by atoms with E-state index >= 15 is 0 Å². The van der Waals surface area contributed by atoms with Crippen molar-refractivity contribution in [3.05, 3.63) is 72.3 Å². The van der Waals surface area contributed by atoms with Crippen LogP contribution in [0.5, 0.6) is 11.5 Å². The Bertz CT molecular complexity index is 3010. The highest BCUT2D eigenvalue weighted by Crippen LogP contribution is 2.38. The molecule has 27 heteroatoms. The van der Waals surface area contributed by atoms with E-state index in [9.17, 15) is 0 Å². The Morgan fingerprint density at radius 1 is 0.623 bits per heavy atom. The van der Waals surface area contributed by atoms with Gasteiger partial charge in [-0.05, 0) is 100 Å². The lowest BCUT2D eigenvalue weighted by molar-refractivity contribution is -0.160. The lowest BCUT2D eigenvalue weighted by Crippen LogP contribution is -2.44. The lowest BCUT2D eigenvalue weighted by atomic mass is 10.2. The minimum Gasteiger partial charge on any atom is -0.497 e. The van der Waals surface area contributed by atoms with E-state index in [0.717, 1.165) is 136 Å². The molecule has 3 aromatic carbocycles. The first-order chi connectivity index (χ1) is 37.5. The Kier molecular flexibility index (Phi) is 19.6. The molecule has 2 aliphatic carbocycles. The number of rotatable bonds is 20. The SMILES string of the molecule is COOSc1n[nH]c2nc(Nc3ccc(N4CCN(C)CC4)cc3)nc(NC3CC3)c12.COOSc1nn(Cc2ccc(OC)cc2OC)c2nc(Nc3ccc(N4CCN(C)CC4)cc3)nc(NC3CC3)c12.ClC(Cl)Cl. The molecule has 2 saturated heterocycles. The van der Waals surface area contributed by atoms with Crippen LogP contribution < -0.4 is 40.5 Å². The number of methoxy groups -OCH3 is 2. The largest absolute Gasteiger partial charge is 0.497 e. The summed E-state index contributed by atoms with van der Waals surface area (Å²) in [5.41, 5.74) is 6.51. The van der Waals surface area contributed by atoms with Crippen LogP contribution in [0.2, 0.25) is 0 Å². The number of nitrogens with zero attached hydrogens (tertiary/aromatic N) is 11. The summed E-state index contributed by atoms with van der Waals surface area (Å²) in [6, 6.07) is 23.4. The van der Waals surface area contributed by atoms with E-state index in [1.54, 1.807) is 14.2 Å². The number of aromatic nitrogens is 8. The standard InChI is InChI=1S/C29H36N8O4S.C20H26N8O2S.CHCl3/c1-35-13-15-36(16-14-35)22-10-8-21(9-11-22)31-29-32-26(30-20-6-7-20)25-27(33-29)37(34-28(25)42-41-40-4)18-19-5-12-23(38-2)17-24(19)39-3;1-27-9-11-28(12-10-27)15-7-5-14(6-8-15)22-20-23-17(21-13-3-4-13)16-18(24-20)25-26-19(16)31-30-29-2;2-1(3)4/h5,8-12,17,20H,6-7,13-16,18H2,1-4H3,(H2,30,31,32,33);5-8,13H,3-4,9-12H2,1-2H3,(H3,21,22,23,24,25,26);1H. The number of anilines is 8. The number of ether oxygens (including phenoxy) is 2. The smallest absolute Gasteiger partial charge is 0.231 e. The van der Waals surface area contributed by atoms with Crippen molar-refractivity contribution in [1.29, 1.82) is 0 Å². The molecule has 77 heavy (non-hydrogen) atoms. The minimum absolute atomic E-state index is 0.366. The van der Waals surface area contributed by atoms with Crippen molar-refractivity contribution < 1.29 is 27.9 Å². The fourth-order valence-corrected chi connectivity index (χ4v) is 9.54. The van der Waals surface area contributed by atoms with E-state index in [1.165, 1.54) is 25.6 Å². The van der Waals surface area contributed by atoms with Crippen molar-refractivity contribution in [2.45, 2.75) is 58.7 Å². The van der Waals surface area contributed by atoms with Gasteiger partial charge < -0.3 is 50.3 Å². The van der Waals surface area contributed by atoms with Crippen LogP contribution >= 0.6 is 58.9 Å². The molecule has 11 rings (SSSR count). The van der Waals surface area contributed by atoms with E-state index in [4.69, 9.17) is 77.9 Å². The second kappa shape index (κ2) is 26.9. The highest BCUT2D eigenvalue weighted by molar-refractivity contribution is 7.95. The fourth-order valence-electron chi connectivity index (χ4n) is 8.51. The normalized spacial score (nSPS) is 16.0. The van der Waals surface area contributed by atoms with Gasteiger partial charge in [-0.25, -0.2) is 14.5 Å². The number of hydrogen-bond donors (Lipinski definition) is 5. The maximum absolute atomic E-state index is 5.66. The average Bonchev–Trinajstić information content (AvgIpc) is 4.41. The maximum atomic E-state index is 5.66. The molecule has 2 saturated carbocycles. The van der Waals surface area contributed by atoms with Crippen molar-refractivity contribution in [1.82, 2.24) is 49.7 Å². The molecule has 0 radical (unpaired) electrons. The molecule has 2 aliphatic heterocycles. The van der Waals surface area contributed by atoms with Gasteiger partial charge in [0.2, 0.25) is 11.9 Å². The summed E-state index contributed by atoms with van der Waals surface area (Å²) < 4.78 is 22.3. The van der Waals surface area contributed by atoms with Gasteiger partial charge in [-0.1, -0.05) is 34.8 Å². The molecule has 0 spiro atoms. The van der Waals surface area contributed by atoms with Crippen molar-refractivity contribution in [3.8, 4) is 11.5 Å². The molecule has 412 valence electrons. The molecular weight excluding hydrogens is 1090 g/mol. The molecule has 0 atom stereocenters. The number of benzene rings is 3. The van der Waals surface area contributed by atoms with Gasteiger partial charge in [0, 0.05) is 98.8 Å². The van der Waals surface area contributed by atoms with Crippen LogP contribution in [0, 0.1) is 0 Å². The van der Waals surface area contributed by atoms with E-state index < -0.39 is 4.30 Å². The first-order valence-electron chi connectivity index (χ1n) is 25.0. The minimum atomic E-state index is -0.750. The second-order valence-electron chi connectivity index (χ2n) is 18.5. The molecule has 4 fully saturated rings. The fraction of sp³-hybridized carbons (Fsp3) is 0.440. The third-order valence-electron chi connectivity index (χ3n) is 12.9.